The van der Waals surface area contributed by atoms with Crippen molar-refractivity contribution in [3.63, 3.8) is 0 Å². The van der Waals surface area contributed by atoms with Crippen LogP contribution in [-0.4, -0.2) is 46.1 Å². The lowest BCUT2D eigenvalue weighted by molar-refractivity contribution is -0.385. The van der Waals surface area contributed by atoms with Crippen molar-refractivity contribution >= 4 is 11.6 Å². The van der Waals surface area contributed by atoms with Gasteiger partial charge in [0.05, 0.1) is 28.7 Å². The summed E-state index contributed by atoms with van der Waals surface area (Å²) >= 11 is 0. The lowest BCUT2D eigenvalue weighted by atomic mass is 10.0. The third-order valence-corrected chi connectivity index (χ3v) is 4.31. The molecule has 7 heteroatoms. The summed E-state index contributed by atoms with van der Waals surface area (Å²) in [6, 6.07) is 3.56. The number of hydrogen-bond acceptors (Lipinski definition) is 5. The second-order valence-corrected chi connectivity index (χ2v) is 5.75. The van der Waals surface area contributed by atoms with Crippen LogP contribution in [0.2, 0.25) is 0 Å². The Bertz CT molecular complexity index is 598. The molecule has 2 fully saturated rings. The van der Waals surface area contributed by atoms with Crippen LogP contribution >= 0.6 is 0 Å². The molecule has 0 spiro atoms. The minimum atomic E-state index is -0.613. The smallest absolute Gasteiger partial charge is 0.273 e. The zero-order valence-electron chi connectivity index (χ0n) is 12.1. The molecule has 7 nitrogen and oxygen atoms in total. The molecule has 2 atom stereocenters. The van der Waals surface area contributed by atoms with E-state index in [2.05, 4.69) is 0 Å². The minimum absolute atomic E-state index is 0.0244. The van der Waals surface area contributed by atoms with E-state index in [-0.39, 0.29) is 35.1 Å². The molecular formula is C15H18N2O5. The van der Waals surface area contributed by atoms with Crippen LogP contribution in [0.3, 0.4) is 0 Å². The second-order valence-electron chi connectivity index (χ2n) is 5.75. The van der Waals surface area contributed by atoms with Crippen molar-refractivity contribution in [2.45, 2.75) is 37.8 Å². The lowest BCUT2D eigenvalue weighted by Gasteiger charge is -2.29. The summed E-state index contributed by atoms with van der Waals surface area (Å²) in [5, 5.41) is 20.5. The van der Waals surface area contributed by atoms with Crippen LogP contribution in [0.15, 0.2) is 18.2 Å². The first-order valence-electron chi connectivity index (χ1n) is 7.47. The normalized spacial score (nSPS) is 24.6. The standard InChI is InChI=1S/C15H18N2O5/c18-12-8-10(7-11(9-12)17(20)21)15(19)16-5-1-3-13(16)14-4-2-6-22-14/h7-9,13-14,18H,1-6H2. The Morgan fingerprint density at radius 2 is 2.14 bits per heavy atom. The molecule has 2 heterocycles. The van der Waals surface area contributed by atoms with Crippen molar-refractivity contribution in [1.29, 1.82) is 0 Å². The van der Waals surface area contributed by atoms with Crippen molar-refractivity contribution < 1.29 is 19.6 Å². The number of likely N-dealkylation sites (tertiary alicyclic amines) is 1. The fraction of sp³-hybridized carbons (Fsp3) is 0.533. The molecule has 0 aliphatic carbocycles. The van der Waals surface area contributed by atoms with Gasteiger partial charge in [0.2, 0.25) is 0 Å². The molecule has 1 aromatic rings. The Morgan fingerprint density at radius 1 is 1.32 bits per heavy atom. The predicted molar refractivity (Wildman–Crippen MR) is 77.8 cm³/mol. The lowest BCUT2D eigenvalue weighted by Crippen LogP contribution is -2.42. The molecule has 2 aliphatic rings. The van der Waals surface area contributed by atoms with E-state index in [1.165, 1.54) is 12.1 Å². The number of rotatable bonds is 3. The molecule has 0 aromatic heterocycles. The number of carbonyl (C=O) groups excluding carboxylic acids is 1. The number of aromatic hydroxyl groups is 1. The van der Waals surface area contributed by atoms with Gasteiger partial charge < -0.3 is 14.7 Å². The summed E-state index contributed by atoms with van der Waals surface area (Å²) in [5.74, 6) is -0.553. The van der Waals surface area contributed by atoms with Gasteiger partial charge in [-0.3, -0.25) is 14.9 Å². The highest BCUT2D eigenvalue weighted by molar-refractivity contribution is 5.95. The van der Waals surface area contributed by atoms with Crippen molar-refractivity contribution in [2.24, 2.45) is 0 Å². The summed E-state index contributed by atoms with van der Waals surface area (Å²) in [6.07, 6.45) is 3.78. The fourth-order valence-corrected chi connectivity index (χ4v) is 3.33. The maximum Gasteiger partial charge on any atom is 0.273 e. The number of benzene rings is 1. The number of nitro benzene ring substituents is 1. The highest BCUT2D eigenvalue weighted by Gasteiger charge is 2.37. The average molecular weight is 306 g/mol. The highest BCUT2D eigenvalue weighted by atomic mass is 16.6. The molecule has 0 radical (unpaired) electrons. The Labute approximate surface area is 127 Å². The maximum atomic E-state index is 12.7. The Morgan fingerprint density at radius 3 is 2.82 bits per heavy atom. The van der Waals surface area contributed by atoms with Crippen LogP contribution in [0.1, 0.15) is 36.0 Å². The van der Waals surface area contributed by atoms with E-state index in [0.29, 0.717) is 6.54 Å². The maximum absolute atomic E-state index is 12.7. The molecule has 2 saturated heterocycles. The van der Waals surface area contributed by atoms with Gasteiger partial charge in [0.15, 0.2) is 0 Å². The predicted octanol–water partition coefficient (Wildman–Crippen LogP) is 2.08. The molecule has 1 aromatic carbocycles. The summed E-state index contributed by atoms with van der Waals surface area (Å²) in [5.41, 5.74) is -0.132. The van der Waals surface area contributed by atoms with Gasteiger partial charge in [-0.15, -0.1) is 0 Å². The van der Waals surface area contributed by atoms with E-state index < -0.39 is 4.92 Å². The Balaban J connectivity index is 1.85. The number of ether oxygens (including phenoxy) is 1. The number of phenols is 1. The molecular weight excluding hydrogens is 288 g/mol. The van der Waals surface area contributed by atoms with Gasteiger partial charge in [-0.1, -0.05) is 0 Å². The zero-order valence-corrected chi connectivity index (χ0v) is 12.1. The van der Waals surface area contributed by atoms with Gasteiger partial charge in [0.25, 0.3) is 11.6 Å². The van der Waals surface area contributed by atoms with Crippen LogP contribution < -0.4 is 0 Å². The highest BCUT2D eigenvalue weighted by Crippen LogP contribution is 2.30. The molecule has 1 amide bonds. The molecule has 2 aliphatic heterocycles. The van der Waals surface area contributed by atoms with E-state index in [4.69, 9.17) is 4.74 Å². The number of phenolic OH excluding ortho intramolecular Hbond substituents is 1. The first kappa shape index (κ1) is 14.8. The van der Waals surface area contributed by atoms with Crippen LogP contribution in [-0.2, 0) is 4.74 Å². The summed E-state index contributed by atoms with van der Waals surface area (Å²) in [4.78, 5) is 24.7. The fourth-order valence-electron chi connectivity index (χ4n) is 3.33. The van der Waals surface area contributed by atoms with E-state index in [9.17, 15) is 20.0 Å². The number of amides is 1. The number of non-ortho nitro benzene ring substituents is 1. The molecule has 1 N–H and O–H groups in total. The molecule has 2 unspecified atom stereocenters. The van der Waals surface area contributed by atoms with E-state index in [0.717, 1.165) is 38.4 Å². The van der Waals surface area contributed by atoms with Crippen molar-refractivity contribution in [1.82, 2.24) is 4.90 Å². The molecule has 22 heavy (non-hydrogen) atoms. The zero-order chi connectivity index (χ0) is 15.7. The number of hydrogen-bond donors (Lipinski definition) is 1. The van der Waals surface area contributed by atoms with Gasteiger partial charge in [0.1, 0.15) is 5.75 Å². The van der Waals surface area contributed by atoms with Crippen LogP contribution in [0.25, 0.3) is 0 Å². The van der Waals surface area contributed by atoms with Crippen LogP contribution in [0.4, 0.5) is 5.69 Å². The second kappa shape index (κ2) is 5.92. The molecule has 0 bridgehead atoms. The van der Waals surface area contributed by atoms with Gasteiger partial charge >= 0.3 is 0 Å². The van der Waals surface area contributed by atoms with Gasteiger partial charge in [-0.2, -0.15) is 0 Å². The van der Waals surface area contributed by atoms with Crippen LogP contribution in [0, 0.1) is 10.1 Å². The molecule has 3 rings (SSSR count). The van der Waals surface area contributed by atoms with E-state index >= 15 is 0 Å². The quantitative estimate of drug-likeness (QED) is 0.681. The largest absolute Gasteiger partial charge is 0.508 e. The number of carbonyl (C=O) groups is 1. The SMILES string of the molecule is O=C(c1cc(O)cc([N+](=O)[O-])c1)N1CCCC1C1CCCO1. The average Bonchev–Trinajstić information content (AvgIpc) is 3.16. The van der Waals surface area contributed by atoms with Gasteiger partial charge in [-0.05, 0) is 31.7 Å². The van der Waals surface area contributed by atoms with E-state index in [1.54, 1.807) is 4.90 Å². The summed E-state index contributed by atoms with van der Waals surface area (Å²) in [6.45, 7) is 1.34. The summed E-state index contributed by atoms with van der Waals surface area (Å²) < 4.78 is 5.69. The van der Waals surface area contributed by atoms with Gasteiger partial charge in [-0.25, -0.2) is 0 Å². The van der Waals surface area contributed by atoms with Gasteiger partial charge in [0, 0.05) is 19.2 Å². The Kier molecular flexibility index (Phi) is 3.98. The third kappa shape index (κ3) is 2.76. The third-order valence-electron chi connectivity index (χ3n) is 4.31. The minimum Gasteiger partial charge on any atom is -0.508 e. The van der Waals surface area contributed by atoms with Crippen LogP contribution in [0.5, 0.6) is 5.75 Å². The number of nitrogens with zero attached hydrogens (tertiary/aromatic N) is 2. The first-order valence-corrected chi connectivity index (χ1v) is 7.47. The topological polar surface area (TPSA) is 92.9 Å². The molecule has 118 valence electrons. The van der Waals surface area contributed by atoms with E-state index in [1.807, 2.05) is 0 Å². The first-order chi connectivity index (χ1) is 10.6. The van der Waals surface area contributed by atoms with Crippen molar-refractivity contribution in [3.8, 4) is 5.75 Å². The summed E-state index contributed by atoms with van der Waals surface area (Å²) in [7, 11) is 0. The monoisotopic (exact) mass is 306 g/mol. The van der Waals surface area contributed by atoms with Crippen molar-refractivity contribution in [2.75, 3.05) is 13.2 Å². The molecule has 0 saturated carbocycles. The Hall–Kier alpha value is -2.15. The number of nitro groups is 1. The van der Waals surface area contributed by atoms with Crippen molar-refractivity contribution in [3.05, 3.63) is 33.9 Å².